The van der Waals surface area contributed by atoms with Crippen LogP contribution in [0.15, 0.2) is 17.1 Å². The zero-order chi connectivity index (χ0) is 11.7. The molecule has 2 heterocycles. The van der Waals surface area contributed by atoms with E-state index in [0.717, 1.165) is 0 Å². The first-order valence-electron chi connectivity index (χ1n) is 4.87. The molecule has 1 saturated heterocycles. The molecule has 1 fully saturated rings. The molecule has 0 amide bonds. The van der Waals surface area contributed by atoms with Crippen molar-refractivity contribution >= 4 is 5.82 Å². The average Bonchev–Trinajstić information content (AvgIpc) is 2.59. The molecule has 0 aromatic carbocycles. The van der Waals surface area contributed by atoms with Gasteiger partial charge >= 0.3 is 5.69 Å². The molecule has 1 aliphatic heterocycles. The largest absolute Gasteiger partial charge is 0.394 e. The Morgan fingerprint density at radius 1 is 1.75 bits per heavy atom. The van der Waals surface area contributed by atoms with Crippen LogP contribution in [0, 0.1) is 0 Å². The number of nitrogens with two attached hydrogens (primary N) is 1. The summed E-state index contributed by atoms with van der Waals surface area (Å²) in [5.74, 6) is 0.106. The Morgan fingerprint density at radius 2 is 2.50 bits per heavy atom. The SMILES string of the molecule is Nc1ccn([C@H]2C[C@@H](F)[C@H](CO)O2)c(=O)n1. The first-order chi connectivity index (χ1) is 7.61. The molecule has 0 bridgehead atoms. The average molecular weight is 229 g/mol. The lowest BCUT2D eigenvalue weighted by molar-refractivity contribution is -0.0355. The zero-order valence-corrected chi connectivity index (χ0v) is 8.41. The molecule has 7 heteroatoms. The first kappa shape index (κ1) is 11.0. The molecule has 3 N–H and O–H groups in total. The summed E-state index contributed by atoms with van der Waals surface area (Å²) in [6, 6.07) is 1.43. The molecule has 0 saturated carbocycles. The summed E-state index contributed by atoms with van der Waals surface area (Å²) >= 11 is 0. The minimum absolute atomic E-state index is 0.0245. The molecule has 6 nitrogen and oxygen atoms in total. The maximum Gasteiger partial charge on any atom is 0.351 e. The molecule has 16 heavy (non-hydrogen) atoms. The van der Waals surface area contributed by atoms with Crippen molar-refractivity contribution in [2.75, 3.05) is 12.3 Å². The van der Waals surface area contributed by atoms with E-state index in [4.69, 9.17) is 15.6 Å². The lowest BCUT2D eigenvalue weighted by atomic mass is 10.2. The first-order valence-corrected chi connectivity index (χ1v) is 4.87. The Bertz CT molecular complexity index is 436. The van der Waals surface area contributed by atoms with Gasteiger partial charge in [0.2, 0.25) is 0 Å². The molecule has 0 radical (unpaired) electrons. The van der Waals surface area contributed by atoms with Gasteiger partial charge in [0.05, 0.1) is 6.61 Å². The van der Waals surface area contributed by atoms with Crippen LogP contribution in [0.5, 0.6) is 0 Å². The van der Waals surface area contributed by atoms with Gasteiger partial charge in [0.1, 0.15) is 24.3 Å². The van der Waals surface area contributed by atoms with Crippen LogP contribution in [-0.2, 0) is 4.74 Å². The van der Waals surface area contributed by atoms with E-state index in [2.05, 4.69) is 4.98 Å². The zero-order valence-electron chi connectivity index (χ0n) is 8.41. The van der Waals surface area contributed by atoms with Crippen molar-refractivity contribution in [3.05, 3.63) is 22.7 Å². The summed E-state index contributed by atoms with van der Waals surface area (Å²) in [4.78, 5) is 14.9. The molecule has 2 rings (SSSR count). The Hall–Kier alpha value is -1.47. The third-order valence-electron chi connectivity index (χ3n) is 2.50. The number of nitrogen functional groups attached to an aromatic ring is 1. The van der Waals surface area contributed by atoms with Gasteiger partial charge in [0.15, 0.2) is 0 Å². The topological polar surface area (TPSA) is 90.4 Å². The Labute approximate surface area is 90.5 Å². The molecule has 1 aromatic heterocycles. The van der Waals surface area contributed by atoms with Crippen molar-refractivity contribution in [1.82, 2.24) is 9.55 Å². The van der Waals surface area contributed by atoms with Crippen LogP contribution in [0.4, 0.5) is 10.2 Å². The fourth-order valence-corrected chi connectivity index (χ4v) is 1.67. The van der Waals surface area contributed by atoms with Crippen molar-refractivity contribution in [3.63, 3.8) is 0 Å². The highest BCUT2D eigenvalue weighted by Crippen LogP contribution is 2.29. The lowest BCUT2D eigenvalue weighted by Crippen LogP contribution is -2.27. The van der Waals surface area contributed by atoms with Gasteiger partial charge in [-0.1, -0.05) is 0 Å². The van der Waals surface area contributed by atoms with Crippen molar-refractivity contribution in [3.8, 4) is 0 Å². The number of alkyl halides is 1. The normalized spacial score (nSPS) is 29.5. The molecule has 0 unspecified atom stereocenters. The number of hydrogen-bond acceptors (Lipinski definition) is 5. The Balaban J connectivity index is 2.23. The third-order valence-corrected chi connectivity index (χ3v) is 2.50. The predicted molar refractivity (Wildman–Crippen MR) is 53.4 cm³/mol. The lowest BCUT2D eigenvalue weighted by Gasteiger charge is -2.13. The molecule has 88 valence electrons. The monoisotopic (exact) mass is 229 g/mol. The number of halogens is 1. The fourth-order valence-electron chi connectivity index (χ4n) is 1.67. The number of aliphatic hydroxyl groups is 1. The Kier molecular flexibility index (Phi) is 2.88. The van der Waals surface area contributed by atoms with Crippen LogP contribution in [0.3, 0.4) is 0 Å². The van der Waals surface area contributed by atoms with E-state index < -0.39 is 30.8 Å². The molecular weight excluding hydrogens is 217 g/mol. The summed E-state index contributed by atoms with van der Waals surface area (Å²) < 4.78 is 19.6. The number of aliphatic hydroxyl groups excluding tert-OH is 1. The summed E-state index contributed by atoms with van der Waals surface area (Å²) in [5.41, 5.74) is 4.74. The van der Waals surface area contributed by atoms with Crippen LogP contribution in [0.2, 0.25) is 0 Å². The minimum atomic E-state index is -1.28. The number of aromatic nitrogens is 2. The molecule has 0 aliphatic carbocycles. The van der Waals surface area contributed by atoms with Crippen molar-refractivity contribution < 1.29 is 14.2 Å². The van der Waals surface area contributed by atoms with E-state index in [1.165, 1.54) is 16.8 Å². The second kappa shape index (κ2) is 4.18. The van der Waals surface area contributed by atoms with Gasteiger partial charge in [-0.05, 0) is 6.07 Å². The number of nitrogens with zero attached hydrogens (tertiary/aromatic N) is 2. The van der Waals surface area contributed by atoms with Gasteiger partial charge in [-0.25, -0.2) is 9.18 Å². The number of hydrogen-bond donors (Lipinski definition) is 2. The van der Waals surface area contributed by atoms with Crippen molar-refractivity contribution in [1.29, 1.82) is 0 Å². The van der Waals surface area contributed by atoms with Crippen LogP contribution in [0.25, 0.3) is 0 Å². The van der Waals surface area contributed by atoms with E-state index in [-0.39, 0.29) is 12.2 Å². The summed E-state index contributed by atoms with van der Waals surface area (Å²) in [6.07, 6.45) is -1.46. The molecule has 1 aromatic rings. The second-order valence-corrected chi connectivity index (χ2v) is 3.61. The van der Waals surface area contributed by atoms with Gasteiger partial charge in [-0.2, -0.15) is 4.98 Å². The highest BCUT2D eigenvalue weighted by Gasteiger charge is 2.36. The Morgan fingerprint density at radius 3 is 3.06 bits per heavy atom. The number of anilines is 1. The van der Waals surface area contributed by atoms with Gasteiger partial charge in [-0.3, -0.25) is 4.57 Å². The molecule has 0 spiro atoms. The van der Waals surface area contributed by atoms with E-state index >= 15 is 0 Å². The number of rotatable bonds is 2. The van der Waals surface area contributed by atoms with Crippen LogP contribution in [-0.4, -0.2) is 33.5 Å². The van der Waals surface area contributed by atoms with E-state index in [1.807, 2.05) is 0 Å². The van der Waals surface area contributed by atoms with E-state index in [9.17, 15) is 9.18 Å². The highest BCUT2D eigenvalue weighted by atomic mass is 19.1. The third kappa shape index (κ3) is 1.91. The fraction of sp³-hybridized carbons (Fsp3) is 0.556. The summed E-state index contributed by atoms with van der Waals surface area (Å²) in [5, 5.41) is 8.83. The number of ether oxygens (including phenoxy) is 1. The quantitative estimate of drug-likeness (QED) is 0.709. The van der Waals surface area contributed by atoms with Crippen LogP contribution in [0.1, 0.15) is 12.6 Å². The molecule has 3 atom stereocenters. The highest BCUT2D eigenvalue weighted by molar-refractivity contribution is 5.23. The van der Waals surface area contributed by atoms with Gasteiger partial charge in [-0.15, -0.1) is 0 Å². The van der Waals surface area contributed by atoms with Crippen LogP contribution < -0.4 is 11.4 Å². The summed E-state index contributed by atoms with van der Waals surface area (Å²) in [7, 11) is 0. The maximum absolute atomic E-state index is 13.3. The molecule has 1 aliphatic rings. The van der Waals surface area contributed by atoms with Crippen molar-refractivity contribution in [2.24, 2.45) is 0 Å². The van der Waals surface area contributed by atoms with Gasteiger partial charge < -0.3 is 15.6 Å². The standard InChI is InChI=1S/C9H12FN3O3/c10-5-3-8(16-6(5)4-14)13-2-1-7(11)12-9(13)15/h1-2,5-6,8,14H,3-4H2,(H2,11,12,15)/t5-,6+,8-/m1/s1. The predicted octanol–water partition coefficient (Wildman–Crippen LogP) is -0.557. The van der Waals surface area contributed by atoms with E-state index in [1.54, 1.807) is 0 Å². The second-order valence-electron chi connectivity index (χ2n) is 3.61. The minimum Gasteiger partial charge on any atom is -0.394 e. The van der Waals surface area contributed by atoms with E-state index in [0.29, 0.717) is 0 Å². The maximum atomic E-state index is 13.3. The molecular formula is C9H12FN3O3. The van der Waals surface area contributed by atoms with Gasteiger partial charge in [0, 0.05) is 12.6 Å². The van der Waals surface area contributed by atoms with Crippen LogP contribution >= 0.6 is 0 Å². The smallest absolute Gasteiger partial charge is 0.351 e. The van der Waals surface area contributed by atoms with Gasteiger partial charge in [0.25, 0.3) is 0 Å². The summed E-state index contributed by atoms with van der Waals surface area (Å²) in [6.45, 7) is -0.408. The van der Waals surface area contributed by atoms with Crippen molar-refractivity contribution in [2.45, 2.75) is 24.9 Å².